The van der Waals surface area contributed by atoms with Gasteiger partial charge in [-0.25, -0.2) is 4.98 Å². The number of rotatable bonds is 3. The Balaban J connectivity index is 1.63. The van der Waals surface area contributed by atoms with Gasteiger partial charge in [0.25, 0.3) is 5.91 Å². The zero-order chi connectivity index (χ0) is 19.1. The van der Waals surface area contributed by atoms with E-state index in [4.69, 9.17) is 4.42 Å². The maximum absolute atomic E-state index is 12.7. The van der Waals surface area contributed by atoms with Crippen LogP contribution in [0.15, 0.2) is 46.2 Å². The normalized spacial score (nSPS) is 11.1. The van der Waals surface area contributed by atoms with Crippen LogP contribution < -0.4 is 5.32 Å². The fourth-order valence-corrected chi connectivity index (χ4v) is 4.27. The first-order valence-corrected chi connectivity index (χ1v) is 9.65. The molecule has 1 amide bonds. The molecule has 0 spiro atoms. The highest BCUT2D eigenvalue weighted by molar-refractivity contribution is 7.14. The van der Waals surface area contributed by atoms with Gasteiger partial charge in [0.15, 0.2) is 10.9 Å². The molecule has 2 aromatic heterocycles. The standard InChI is InChI=1S/C22H20N2O2S/c1-12-9-13(2)19(14(3)10-12)17-11-27-22(23-17)24-21(25)20-15(4)16-7-5-6-8-18(16)26-20/h5-11H,1-4H3,(H,23,24,25). The Hall–Kier alpha value is -2.92. The molecule has 0 unspecified atom stereocenters. The van der Waals surface area contributed by atoms with E-state index in [0.29, 0.717) is 16.5 Å². The van der Waals surface area contributed by atoms with Crippen molar-refractivity contribution in [3.63, 3.8) is 0 Å². The number of nitrogens with zero attached hydrogens (tertiary/aromatic N) is 1. The molecule has 4 rings (SSSR count). The van der Waals surface area contributed by atoms with Gasteiger partial charge in [-0.05, 0) is 44.9 Å². The summed E-state index contributed by atoms with van der Waals surface area (Å²) in [4.78, 5) is 17.3. The SMILES string of the molecule is Cc1cc(C)c(-c2csc(NC(=O)c3oc4ccccc4c3C)n2)c(C)c1. The van der Waals surface area contributed by atoms with Crippen molar-refractivity contribution in [2.75, 3.05) is 5.32 Å². The van der Waals surface area contributed by atoms with Crippen molar-refractivity contribution >= 4 is 33.3 Å². The maximum atomic E-state index is 12.7. The first kappa shape index (κ1) is 17.5. The lowest BCUT2D eigenvalue weighted by atomic mass is 9.98. The van der Waals surface area contributed by atoms with Crippen LogP contribution >= 0.6 is 11.3 Å². The topological polar surface area (TPSA) is 55.1 Å². The summed E-state index contributed by atoms with van der Waals surface area (Å²) in [5.74, 6) is 0.0533. The molecule has 0 radical (unpaired) electrons. The molecule has 0 fully saturated rings. The Labute approximate surface area is 161 Å². The number of thiazole rings is 1. The number of benzene rings is 2. The number of furan rings is 1. The molecule has 5 heteroatoms. The van der Waals surface area contributed by atoms with E-state index in [1.165, 1.54) is 28.0 Å². The van der Waals surface area contributed by atoms with Crippen LogP contribution in [-0.4, -0.2) is 10.9 Å². The molecule has 0 bridgehead atoms. The second-order valence-corrected chi connectivity index (χ2v) is 7.68. The van der Waals surface area contributed by atoms with Crippen molar-refractivity contribution in [2.24, 2.45) is 0 Å². The van der Waals surface area contributed by atoms with Crippen LogP contribution in [-0.2, 0) is 0 Å². The van der Waals surface area contributed by atoms with E-state index in [0.717, 1.165) is 22.2 Å². The van der Waals surface area contributed by atoms with E-state index in [2.05, 4.69) is 43.2 Å². The van der Waals surface area contributed by atoms with E-state index < -0.39 is 0 Å². The van der Waals surface area contributed by atoms with Crippen molar-refractivity contribution < 1.29 is 9.21 Å². The highest BCUT2D eigenvalue weighted by Crippen LogP contribution is 2.32. The van der Waals surface area contributed by atoms with Crippen molar-refractivity contribution in [1.82, 2.24) is 4.98 Å². The van der Waals surface area contributed by atoms with Gasteiger partial charge in [0.05, 0.1) is 5.69 Å². The molecule has 0 saturated heterocycles. The summed E-state index contributed by atoms with van der Waals surface area (Å²) in [6, 6.07) is 12.0. The summed E-state index contributed by atoms with van der Waals surface area (Å²) in [6.45, 7) is 8.16. The average molecular weight is 376 g/mol. The predicted octanol–water partition coefficient (Wildman–Crippen LogP) is 6.04. The van der Waals surface area contributed by atoms with Gasteiger partial charge in [-0.15, -0.1) is 11.3 Å². The molecular weight excluding hydrogens is 356 g/mol. The molecule has 4 nitrogen and oxygen atoms in total. The number of carbonyl (C=O) groups excluding carboxylic acids is 1. The van der Waals surface area contributed by atoms with Crippen molar-refractivity contribution in [3.8, 4) is 11.3 Å². The Kier molecular flexibility index (Phi) is 4.32. The van der Waals surface area contributed by atoms with E-state index in [-0.39, 0.29) is 5.91 Å². The quantitative estimate of drug-likeness (QED) is 0.474. The highest BCUT2D eigenvalue weighted by Gasteiger charge is 2.19. The van der Waals surface area contributed by atoms with Crippen LogP contribution in [0.25, 0.3) is 22.2 Å². The molecule has 0 aliphatic heterocycles. The number of carbonyl (C=O) groups is 1. The van der Waals surface area contributed by atoms with E-state index in [1.54, 1.807) is 0 Å². The molecule has 0 saturated carbocycles. The van der Waals surface area contributed by atoms with Gasteiger partial charge in [-0.1, -0.05) is 35.9 Å². The molecule has 0 atom stereocenters. The summed E-state index contributed by atoms with van der Waals surface area (Å²) in [5, 5.41) is 6.37. The minimum Gasteiger partial charge on any atom is -0.451 e. The van der Waals surface area contributed by atoms with Gasteiger partial charge >= 0.3 is 0 Å². The summed E-state index contributed by atoms with van der Waals surface area (Å²) in [5.41, 5.74) is 7.16. The fourth-order valence-electron chi connectivity index (χ4n) is 3.57. The van der Waals surface area contributed by atoms with Crippen molar-refractivity contribution in [1.29, 1.82) is 0 Å². The molecule has 2 heterocycles. The third kappa shape index (κ3) is 3.15. The zero-order valence-electron chi connectivity index (χ0n) is 15.7. The monoisotopic (exact) mass is 376 g/mol. The summed E-state index contributed by atoms with van der Waals surface area (Å²) >= 11 is 1.42. The van der Waals surface area contributed by atoms with E-state index in [9.17, 15) is 4.79 Å². The smallest absolute Gasteiger partial charge is 0.293 e. The van der Waals surface area contributed by atoms with Gasteiger partial charge < -0.3 is 4.42 Å². The van der Waals surface area contributed by atoms with Crippen LogP contribution in [0.1, 0.15) is 32.8 Å². The molecule has 2 aromatic carbocycles. The maximum Gasteiger partial charge on any atom is 0.293 e. The number of anilines is 1. The van der Waals surface area contributed by atoms with Gasteiger partial charge in [-0.2, -0.15) is 0 Å². The lowest BCUT2D eigenvalue weighted by molar-refractivity contribution is 0.0998. The Morgan fingerprint density at radius 1 is 1.07 bits per heavy atom. The van der Waals surface area contributed by atoms with Crippen LogP contribution in [0.3, 0.4) is 0 Å². The molecule has 0 aliphatic rings. The molecule has 1 N–H and O–H groups in total. The summed E-state index contributed by atoms with van der Waals surface area (Å²) in [6.07, 6.45) is 0. The number of hydrogen-bond donors (Lipinski definition) is 1. The summed E-state index contributed by atoms with van der Waals surface area (Å²) in [7, 11) is 0. The number of aryl methyl sites for hydroxylation is 4. The van der Waals surface area contributed by atoms with Gasteiger partial charge in [0.1, 0.15) is 5.58 Å². The second-order valence-electron chi connectivity index (χ2n) is 6.82. The third-order valence-corrected chi connectivity index (χ3v) is 5.47. The largest absolute Gasteiger partial charge is 0.451 e. The highest BCUT2D eigenvalue weighted by atomic mass is 32.1. The second kappa shape index (κ2) is 6.67. The minimum atomic E-state index is -0.276. The zero-order valence-corrected chi connectivity index (χ0v) is 16.5. The number of fused-ring (bicyclic) bond motifs is 1. The molecule has 4 aromatic rings. The van der Waals surface area contributed by atoms with E-state index >= 15 is 0 Å². The minimum absolute atomic E-state index is 0.276. The van der Waals surface area contributed by atoms with Gasteiger partial charge in [-0.3, -0.25) is 10.1 Å². The fraction of sp³-hybridized carbons (Fsp3) is 0.182. The van der Waals surface area contributed by atoms with Crippen LogP contribution in [0.5, 0.6) is 0 Å². The van der Waals surface area contributed by atoms with Crippen LogP contribution in [0, 0.1) is 27.7 Å². The van der Waals surface area contributed by atoms with Gasteiger partial charge in [0, 0.05) is 21.9 Å². The number of para-hydroxylation sites is 1. The number of amides is 1. The predicted molar refractivity (Wildman–Crippen MR) is 111 cm³/mol. The number of hydrogen-bond acceptors (Lipinski definition) is 4. The van der Waals surface area contributed by atoms with Gasteiger partial charge in [0.2, 0.25) is 0 Å². The number of nitrogens with one attached hydrogen (secondary N) is 1. The Bertz CT molecular complexity index is 1150. The Morgan fingerprint density at radius 3 is 2.48 bits per heavy atom. The van der Waals surface area contributed by atoms with Crippen molar-refractivity contribution in [2.45, 2.75) is 27.7 Å². The van der Waals surface area contributed by atoms with Crippen molar-refractivity contribution in [3.05, 3.63) is 69.8 Å². The van der Waals surface area contributed by atoms with Crippen LogP contribution in [0.2, 0.25) is 0 Å². The lowest BCUT2D eigenvalue weighted by Crippen LogP contribution is -2.11. The molecule has 27 heavy (non-hydrogen) atoms. The molecule has 0 aliphatic carbocycles. The summed E-state index contributed by atoms with van der Waals surface area (Å²) < 4.78 is 5.74. The van der Waals surface area contributed by atoms with Crippen LogP contribution in [0.4, 0.5) is 5.13 Å². The first-order chi connectivity index (χ1) is 12.9. The number of aromatic nitrogens is 1. The molecule has 136 valence electrons. The lowest BCUT2D eigenvalue weighted by Gasteiger charge is -2.08. The third-order valence-electron chi connectivity index (χ3n) is 4.71. The van der Waals surface area contributed by atoms with E-state index in [1.807, 2.05) is 36.6 Å². The Morgan fingerprint density at radius 2 is 1.78 bits per heavy atom. The first-order valence-electron chi connectivity index (χ1n) is 8.77. The molecular formula is C22H20N2O2S. The average Bonchev–Trinajstić information content (AvgIpc) is 3.19.